The van der Waals surface area contributed by atoms with E-state index >= 15 is 0 Å². The Morgan fingerprint density at radius 2 is 1.81 bits per heavy atom. The van der Waals surface area contributed by atoms with Gasteiger partial charge in [0.15, 0.2) is 0 Å². The molecule has 0 saturated carbocycles. The quantitative estimate of drug-likeness (QED) is 0.841. The van der Waals surface area contributed by atoms with Crippen LogP contribution in [0.5, 0.6) is 5.75 Å². The zero-order valence-corrected chi connectivity index (χ0v) is 13.7. The second-order valence-corrected chi connectivity index (χ2v) is 5.94. The summed E-state index contributed by atoms with van der Waals surface area (Å²) in [7, 11) is 0. The SMILES string of the molecule is CC(O)CN(C(=O)Cc1ccccc1OC(C)C)C(C)C. The van der Waals surface area contributed by atoms with Gasteiger partial charge in [0, 0.05) is 18.2 Å². The van der Waals surface area contributed by atoms with Crippen LogP contribution in [0, 0.1) is 0 Å². The van der Waals surface area contributed by atoms with E-state index in [0.717, 1.165) is 11.3 Å². The number of amides is 1. The molecule has 4 nitrogen and oxygen atoms in total. The van der Waals surface area contributed by atoms with E-state index in [0.29, 0.717) is 6.54 Å². The van der Waals surface area contributed by atoms with Crippen molar-refractivity contribution in [3.05, 3.63) is 29.8 Å². The van der Waals surface area contributed by atoms with E-state index in [1.165, 1.54) is 0 Å². The van der Waals surface area contributed by atoms with Crippen molar-refractivity contribution >= 4 is 5.91 Å². The van der Waals surface area contributed by atoms with Crippen LogP contribution in [-0.2, 0) is 11.2 Å². The molecule has 0 bridgehead atoms. The molecule has 1 amide bonds. The van der Waals surface area contributed by atoms with Crippen molar-refractivity contribution in [2.24, 2.45) is 0 Å². The summed E-state index contributed by atoms with van der Waals surface area (Å²) in [6.45, 7) is 9.88. The minimum absolute atomic E-state index is 0.00528. The molecule has 1 unspecified atom stereocenters. The van der Waals surface area contributed by atoms with Crippen LogP contribution >= 0.6 is 0 Å². The Labute approximate surface area is 127 Å². The smallest absolute Gasteiger partial charge is 0.227 e. The van der Waals surface area contributed by atoms with Gasteiger partial charge in [-0.25, -0.2) is 0 Å². The zero-order chi connectivity index (χ0) is 16.0. The number of nitrogens with zero attached hydrogens (tertiary/aromatic N) is 1. The Kier molecular flexibility index (Phi) is 6.69. The Morgan fingerprint density at radius 1 is 1.19 bits per heavy atom. The second kappa shape index (κ2) is 8.03. The number of hydrogen-bond acceptors (Lipinski definition) is 3. The van der Waals surface area contributed by atoms with Gasteiger partial charge in [0.05, 0.1) is 18.6 Å². The molecule has 0 aliphatic rings. The van der Waals surface area contributed by atoms with E-state index in [4.69, 9.17) is 4.74 Å². The summed E-state index contributed by atoms with van der Waals surface area (Å²) in [6.07, 6.45) is -0.174. The van der Waals surface area contributed by atoms with Crippen LogP contribution < -0.4 is 4.74 Å². The molecule has 0 aromatic heterocycles. The summed E-state index contributed by atoms with van der Waals surface area (Å²) in [4.78, 5) is 14.2. The lowest BCUT2D eigenvalue weighted by Crippen LogP contribution is -2.42. The molecule has 0 fully saturated rings. The third-order valence-corrected chi connectivity index (χ3v) is 3.08. The highest BCUT2D eigenvalue weighted by molar-refractivity contribution is 5.79. The van der Waals surface area contributed by atoms with Gasteiger partial charge >= 0.3 is 0 Å². The molecule has 1 aromatic carbocycles. The third kappa shape index (κ3) is 5.76. The summed E-state index contributed by atoms with van der Waals surface area (Å²) in [5.41, 5.74) is 0.882. The van der Waals surface area contributed by atoms with Gasteiger partial charge in [-0.3, -0.25) is 4.79 Å². The zero-order valence-electron chi connectivity index (χ0n) is 13.7. The number of hydrogen-bond donors (Lipinski definition) is 1. The summed E-state index contributed by atoms with van der Waals surface area (Å²) in [5.74, 6) is 0.757. The topological polar surface area (TPSA) is 49.8 Å². The first-order chi connectivity index (χ1) is 9.81. The number of rotatable bonds is 7. The highest BCUT2D eigenvalue weighted by atomic mass is 16.5. The van der Waals surface area contributed by atoms with Crippen molar-refractivity contribution in [3.63, 3.8) is 0 Å². The van der Waals surface area contributed by atoms with Crippen molar-refractivity contribution in [3.8, 4) is 5.75 Å². The largest absolute Gasteiger partial charge is 0.491 e. The van der Waals surface area contributed by atoms with Gasteiger partial charge in [0.25, 0.3) is 0 Å². The minimum Gasteiger partial charge on any atom is -0.491 e. The van der Waals surface area contributed by atoms with Gasteiger partial charge in [0.1, 0.15) is 5.75 Å². The monoisotopic (exact) mass is 293 g/mol. The van der Waals surface area contributed by atoms with E-state index < -0.39 is 6.10 Å². The minimum atomic E-state index is -0.529. The van der Waals surface area contributed by atoms with Crippen LogP contribution in [-0.4, -0.2) is 40.7 Å². The van der Waals surface area contributed by atoms with Crippen molar-refractivity contribution in [2.45, 2.75) is 59.3 Å². The first-order valence-electron chi connectivity index (χ1n) is 7.53. The lowest BCUT2D eigenvalue weighted by atomic mass is 10.1. The summed E-state index contributed by atoms with van der Waals surface area (Å²) < 4.78 is 5.75. The number of ether oxygens (including phenoxy) is 1. The molecule has 1 aromatic rings. The number of aliphatic hydroxyl groups excluding tert-OH is 1. The molecule has 0 aliphatic heterocycles. The average Bonchev–Trinajstić information content (AvgIpc) is 2.37. The first kappa shape index (κ1) is 17.5. The molecule has 0 radical (unpaired) electrons. The van der Waals surface area contributed by atoms with Crippen molar-refractivity contribution in [2.75, 3.05) is 6.54 Å². The van der Waals surface area contributed by atoms with Gasteiger partial charge in [0.2, 0.25) is 5.91 Å². The Bertz CT molecular complexity index is 455. The van der Waals surface area contributed by atoms with Gasteiger partial charge in [-0.1, -0.05) is 18.2 Å². The van der Waals surface area contributed by atoms with E-state index in [2.05, 4.69) is 0 Å². The van der Waals surface area contributed by atoms with E-state index in [-0.39, 0.29) is 24.5 Å². The molecule has 0 saturated heterocycles. The van der Waals surface area contributed by atoms with Crippen LogP contribution in [0.3, 0.4) is 0 Å². The maximum Gasteiger partial charge on any atom is 0.227 e. The van der Waals surface area contributed by atoms with Crippen molar-refractivity contribution < 1.29 is 14.6 Å². The van der Waals surface area contributed by atoms with Gasteiger partial charge in [-0.15, -0.1) is 0 Å². The molecule has 1 rings (SSSR count). The number of benzene rings is 1. The lowest BCUT2D eigenvalue weighted by Gasteiger charge is -2.28. The molecule has 21 heavy (non-hydrogen) atoms. The molecule has 1 atom stereocenters. The average molecular weight is 293 g/mol. The van der Waals surface area contributed by atoms with Crippen LogP contribution in [0.4, 0.5) is 0 Å². The lowest BCUT2D eigenvalue weighted by molar-refractivity contribution is -0.133. The highest BCUT2D eigenvalue weighted by Crippen LogP contribution is 2.21. The van der Waals surface area contributed by atoms with Crippen molar-refractivity contribution in [1.82, 2.24) is 4.90 Å². The normalized spacial score (nSPS) is 12.6. The van der Waals surface area contributed by atoms with Gasteiger partial charge in [-0.2, -0.15) is 0 Å². The van der Waals surface area contributed by atoms with Gasteiger partial charge in [-0.05, 0) is 40.7 Å². The van der Waals surface area contributed by atoms with Crippen LogP contribution in [0.25, 0.3) is 0 Å². The van der Waals surface area contributed by atoms with Crippen LogP contribution in [0.15, 0.2) is 24.3 Å². The fourth-order valence-electron chi connectivity index (χ4n) is 2.17. The van der Waals surface area contributed by atoms with Crippen LogP contribution in [0.1, 0.15) is 40.2 Å². The Hall–Kier alpha value is -1.55. The molecule has 0 spiro atoms. The van der Waals surface area contributed by atoms with Crippen molar-refractivity contribution in [1.29, 1.82) is 0 Å². The molecule has 118 valence electrons. The predicted molar refractivity (Wildman–Crippen MR) is 84.4 cm³/mol. The molecule has 1 N–H and O–H groups in total. The van der Waals surface area contributed by atoms with Crippen LogP contribution in [0.2, 0.25) is 0 Å². The molecular weight excluding hydrogens is 266 g/mol. The molecule has 0 heterocycles. The van der Waals surface area contributed by atoms with E-state index in [1.54, 1.807) is 11.8 Å². The predicted octanol–water partition coefficient (Wildman–Crippen LogP) is 2.63. The third-order valence-electron chi connectivity index (χ3n) is 3.08. The Balaban J connectivity index is 2.86. The maximum absolute atomic E-state index is 12.5. The number of carbonyl (C=O) groups excluding carboxylic acids is 1. The van der Waals surface area contributed by atoms with Gasteiger partial charge < -0.3 is 14.7 Å². The molecule has 4 heteroatoms. The van der Waals surface area contributed by atoms with E-state index in [1.807, 2.05) is 52.0 Å². The molecule has 0 aliphatic carbocycles. The fraction of sp³-hybridized carbons (Fsp3) is 0.588. The highest BCUT2D eigenvalue weighted by Gasteiger charge is 2.20. The summed E-state index contributed by atoms with van der Waals surface area (Å²) in [5, 5.41) is 9.54. The number of para-hydroxylation sites is 1. The first-order valence-corrected chi connectivity index (χ1v) is 7.53. The number of carbonyl (C=O) groups is 1. The van der Waals surface area contributed by atoms with E-state index in [9.17, 15) is 9.90 Å². The fourth-order valence-corrected chi connectivity index (χ4v) is 2.17. The summed E-state index contributed by atoms with van der Waals surface area (Å²) in [6, 6.07) is 7.67. The maximum atomic E-state index is 12.5. The Morgan fingerprint density at radius 3 is 2.33 bits per heavy atom. The summed E-state index contributed by atoms with van der Waals surface area (Å²) >= 11 is 0. The molecular formula is C17H27NO3. The second-order valence-electron chi connectivity index (χ2n) is 5.94. The number of aliphatic hydroxyl groups is 1. The standard InChI is InChI=1S/C17H27NO3/c1-12(2)18(11-14(5)19)17(20)10-15-8-6-7-9-16(15)21-13(3)4/h6-9,12-14,19H,10-11H2,1-5H3.